The van der Waals surface area contributed by atoms with E-state index in [-0.39, 0.29) is 18.9 Å². The molecule has 0 atom stereocenters. The zero-order valence-electron chi connectivity index (χ0n) is 13.7. The largest absolute Gasteiger partial charge is 0.494 e. The van der Waals surface area contributed by atoms with Crippen molar-refractivity contribution < 1.29 is 19.1 Å². The minimum Gasteiger partial charge on any atom is -0.494 e. The van der Waals surface area contributed by atoms with Crippen LogP contribution in [0.3, 0.4) is 0 Å². The predicted octanol–water partition coefficient (Wildman–Crippen LogP) is 3.47. The van der Waals surface area contributed by atoms with Crippen molar-refractivity contribution in [1.82, 2.24) is 5.32 Å². The highest BCUT2D eigenvalue weighted by Gasteiger charge is 2.07. The second-order valence-electron chi connectivity index (χ2n) is 5.33. The second-order valence-corrected chi connectivity index (χ2v) is 6.24. The van der Waals surface area contributed by atoms with E-state index in [0.717, 1.165) is 15.8 Å². The number of rotatable bonds is 9. The van der Waals surface area contributed by atoms with Crippen LogP contribution in [0.5, 0.6) is 5.75 Å². The van der Waals surface area contributed by atoms with Crippen LogP contribution in [0.1, 0.15) is 18.4 Å². The van der Waals surface area contributed by atoms with Crippen molar-refractivity contribution in [1.29, 1.82) is 0 Å². The molecule has 132 valence electrons. The lowest BCUT2D eigenvalue weighted by Gasteiger charge is -2.08. The molecule has 0 aromatic heterocycles. The van der Waals surface area contributed by atoms with E-state index in [0.29, 0.717) is 19.6 Å². The van der Waals surface area contributed by atoms with E-state index in [2.05, 4.69) is 21.2 Å². The molecule has 5 nitrogen and oxygen atoms in total. The molecule has 2 rings (SSSR count). The highest BCUT2D eigenvalue weighted by molar-refractivity contribution is 9.10. The Hall–Kier alpha value is -2.34. The van der Waals surface area contributed by atoms with Crippen LogP contribution >= 0.6 is 15.9 Å². The summed E-state index contributed by atoms with van der Waals surface area (Å²) in [5, 5.41) is 2.70. The number of carbonyl (C=O) groups is 2. The van der Waals surface area contributed by atoms with Crippen molar-refractivity contribution in [3.05, 3.63) is 64.6 Å². The Morgan fingerprint density at radius 3 is 2.44 bits per heavy atom. The highest BCUT2D eigenvalue weighted by atomic mass is 79.9. The van der Waals surface area contributed by atoms with Crippen molar-refractivity contribution in [3.63, 3.8) is 0 Å². The molecule has 0 radical (unpaired) electrons. The fourth-order valence-electron chi connectivity index (χ4n) is 2.00. The predicted molar refractivity (Wildman–Crippen MR) is 98.1 cm³/mol. The standard InChI is InChI=1S/C19H20BrNO4/c20-16-8-10-17(11-9-16)24-12-4-7-19(23)25-14-18(22)21-13-15-5-2-1-3-6-15/h1-3,5-6,8-11H,4,7,12-14H2,(H,21,22). The SMILES string of the molecule is O=C(COC(=O)CCCOc1ccc(Br)cc1)NCc1ccccc1. The van der Waals surface area contributed by atoms with Crippen molar-refractivity contribution in [2.24, 2.45) is 0 Å². The monoisotopic (exact) mass is 405 g/mol. The first-order chi connectivity index (χ1) is 12.1. The topological polar surface area (TPSA) is 64.6 Å². The van der Waals surface area contributed by atoms with Crippen LogP contribution in [0.2, 0.25) is 0 Å². The van der Waals surface area contributed by atoms with Gasteiger partial charge in [0.15, 0.2) is 6.61 Å². The molecule has 0 unspecified atom stereocenters. The number of nitrogens with one attached hydrogen (secondary N) is 1. The summed E-state index contributed by atoms with van der Waals surface area (Å²) in [4.78, 5) is 23.3. The Morgan fingerprint density at radius 1 is 1.00 bits per heavy atom. The third-order valence-electron chi connectivity index (χ3n) is 3.30. The van der Waals surface area contributed by atoms with E-state index in [1.54, 1.807) is 0 Å². The first-order valence-corrected chi connectivity index (χ1v) is 8.77. The number of carbonyl (C=O) groups excluding carboxylic acids is 2. The van der Waals surface area contributed by atoms with Gasteiger partial charge in [0.1, 0.15) is 5.75 Å². The van der Waals surface area contributed by atoms with Crippen LogP contribution in [-0.4, -0.2) is 25.1 Å². The molecule has 0 bridgehead atoms. The minimum atomic E-state index is -0.408. The number of esters is 1. The Morgan fingerprint density at radius 2 is 1.72 bits per heavy atom. The fraction of sp³-hybridized carbons (Fsp3) is 0.263. The Labute approximate surface area is 155 Å². The molecule has 0 fully saturated rings. The molecule has 6 heteroatoms. The van der Waals surface area contributed by atoms with Gasteiger partial charge in [0.05, 0.1) is 6.61 Å². The molecule has 1 N–H and O–H groups in total. The number of halogens is 1. The minimum absolute atomic E-state index is 0.211. The number of hydrogen-bond acceptors (Lipinski definition) is 4. The molecule has 0 saturated carbocycles. The summed E-state index contributed by atoms with van der Waals surface area (Å²) in [5.41, 5.74) is 0.993. The molecule has 0 aliphatic rings. The van der Waals surface area contributed by atoms with Crippen LogP contribution in [0, 0.1) is 0 Å². The summed E-state index contributed by atoms with van der Waals surface area (Å²) < 4.78 is 11.4. The summed E-state index contributed by atoms with van der Waals surface area (Å²) in [5.74, 6) is 0.0226. The molecule has 0 saturated heterocycles. The normalized spacial score (nSPS) is 10.1. The van der Waals surface area contributed by atoms with Crippen molar-refractivity contribution in [2.45, 2.75) is 19.4 Å². The lowest BCUT2D eigenvalue weighted by Crippen LogP contribution is -2.28. The smallest absolute Gasteiger partial charge is 0.306 e. The third-order valence-corrected chi connectivity index (χ3v) is 3.83. The Bertz CT molecular complexity index is 674. The molecule has 2 aromatic rings. The van der Waals surface area contributed by atoms with Crippen LogP contribution in [0.25, 0.3) is 0 Å². The van der Waals surface area contributed by atoms with Gasteiger partial charge in [-0.2, -0.15) is 0 Å². The maximum atomic E-state index is 11.6. The van der Waals surface area contributed by atoms with Crippen molar-refractivity contribution in [2.75, 3.05) is 13.2 Å². The second kappa shape index (κ2) is 10.5. The summed E-state index contributed by atoms with van der Waals surface area (Å²) in [6.45, 7) is 0.564. The van der Waals surface area contributed by atoms with Crippen LogP contribution in [0.15, 0.2) is 59.1 Å². The Kier molecular flexibility index (Phi) is 7.98. The number of amides is 1. The van der Waals surface area contributed by atoms with Gasteiger partial charge >= 0.3 is 5.97 Å². The van der Waals surface area contributed by atoms with Gasteiger partial charge in [0.2, 0.25) is 0 Å². The Balaban J connectivity index is 1.54. The van der Waals surface area contributed by atoms with Gasteiger partial charge in [-0.15, -0.1) is 0 Å². The zero-order valence-corrected chi connectivity index (χ0v) is 15.3. The molecule has 0 heterocycles. The van der Waals surface area contributed by atoms with Gasteiger partial charge < -0.3 is 14.8 Å². The lowest BCUT2D eigenvalue weighted by molar-refractivity contribution is -0.148. The number of hydrogen-bond donors (Lipinski definition) is 1. The maximum Gasteiger partial charge on any atom is 0.306 e. The van der Waals surface area contributed by atoms with Gasteiger partial charge in [-0.25, -0.2) is 0 Å². The van der Waals surface area contributed by atoms with Gasteiger partial charge in [-0.05, 0) is 36.2 Å². The van der Waals surface area contributed by atoms with Crippen molar-refractivity contribution >= 4 is 27.8 Å². The molecule has 1 amide bonds. The first-order valence-electron chi connectivity index (χ1n) is 7.98. The summed E-state index contributed by atoms with van der Waals surface area (Å²) in [6.07, 6.45) is 0.739. The summed E-state index contributed by atoms with van der Waals surface area (Å²) in [6, 6.07) is 17.0. The number of ether oxygens (including phenoxy) is 2. The number of benzene rings is 2. The molecule has 0 aliphatic carbocycles. The molecule has 0 aliphatic heterocycles. The highest BCUT2D eigenvalue weighted by Crippen LogP contribution is 2.16. The van der Waals surface area contributed by atoms with E-state index in [1.165, 1.54) is 0 Å². The van der Waals surface area contributed by atoms with Crippen LogP contribution in [0.4, 0.5) is 0 Å². The van der Waals surface area contributed by atoms with Gasteiger partial charge in [-0.1, -0.05) is 46.3 Å². The van der Waals surface area contributed by atoms with E-state index in [1.807, 2.05) is 54.6 Å². The van der Waals surface area contributed by atoms with Crippen molar-refractivity contribution in [3.8, 4) is 5.75 Å². The van der Waals surface area contributed by atoms with Crippen LogP contribution < -0.4 is 10.1 Å². The summed E-state index contributed by atoms with van der Waals surface area (Å²) in [7, 11) is 0. The maximum absolute atomic E-state index is 11.6. The zero-order chi connectivity index (χ0) is 17.9. The van der Waals surface area contributed by atoms with E-state index in [9.17, 15) is 9.59 Å². The molecular weight excluding hydrogens is 386 g/mol. The third kappa shape index (κ3) is 7.85. The summed E-state index contributed by atoms with van der Waals surface area (Å²) >= 11 is 3.35. The van der Waals surface area contributed by atoms with Gasteiger partial charge in [0.25, 0.3) is 5.91 Å². The van der Waals surface area contributed by atoms with E-state index >= 15 is 0 Å². The molecule has 25 heavy (non-hydrogen) atoms. The fourth-order valence-corrected chi connectivity index (χ4v) is 2.27. The molecular formula is C19H20BrNO4. The van der Waals surface area contributed by atoms with E-state index < -0.39 is 5.97 Å². The average molecular weight is 406 g/mol. The van der Waals surface area contributed by atoms with Gasteiger partial charge in [-0.3, -0.25) is 9.59 Å². The van der Waals surface area contributed by atoms with Gasteiger partial charge in [0, 0.05) is 17.4 Å². The average Bonchev–Trinajstić information content (AvgIpc) is 2.64. The van der Waals surface area contributed by atoms with E-state index in [4.69, 9.17) is 9.47 Å². The molecule has 2 aromatic carbocycles. The lowest BCUT2D eigenvalue weighted by atomic mass is 10.2. The van der Waals surface area contributed by atoms with Crippen LogP contribution in [-0.2, 0) is 20.9 Å². The first kappa shape index (κ1) is 19.0. The quantitative estimate of drug-likeness (QED) is 0.512. The molecule has 0 spiro atoms.